The van der Waals surface area contributed by atoms with Crippen molar-refractivity contribution in [1.82, 2.24) is 0 Å². The Morgan fingerprint density at radius 3 is 2.37 bits per heavy atom. The smallest absolute Gasteiger partial charge is 0.334 e. The number of carbonyl (C=O) groups excluding carboxylic acids is 4. The molecule has 1 aliphatic carbocycles. The summed E-state index contributed by atoms with van der Waals surface area (Å²) in [6, 6.07) is 6.71. The molecule has 1 atom stereocenters. The van der Waals surface area contributed by atoms with Gasteiger partial charge in [0.25, 0.3) is 11.8 Å². The van der Waals surface area contributed by atoms with Gasteiger partial charge in [0.1, 0.15) is 16.9 Å². The lowest BCUT2D eigenvalue weighted by Gasteiger charge is -2.27. The van der Waals surface area contributed by atoms with E-state index in [0.29, 0.717) is 17.7 Å². The van der Waals surface area contributed by atoms with Crippen LogP contribution in [0.3, 0.4) is 0 Å². The van der Waals surface area contributed by atoms with Crippen LogP contribution < -0.4 is 4.90 Å². The predicted octanol–water partition coefficient (Wildman–Crippen LogP) is 5.88. The van der Waals surface area contributed by atoms with Gasteiger partial charge in [0.05, 0.1) is 24.4 Å². The Kier molecular flexibility index (Phi) is 10.0. The van der Waals surface area contributed by atoms with E-state index in [4.69, 9.17) is 21.1 Å². The summed E-state index contributed by atoms with van der Waals surface area (Å²) in [5.74, 6) is -4.92. The van der Waals surface area contributed by atoms with Crippen LogP contribution in [0.4, 0.5) is 14.5 Å². The van der Waals surface area contributed by atoms with E-state index in [0.717, 1.165) is 30.0 Å². The Labute approximate surface area is 228 Å². The number of rotatable bonds is 8. The molecule has 3 rings (SSSR count). The van der Waals surface area contributed by atoms with Crippen LogP contribution in [0.15, 0.2) is 52.4 Å². The van der Waals surface area contributed by atoms with E-state index in [1.165, 1.54) is 25.3 Å². The summed E-state index contributed by atoms with van der Waals surface area (Å²) in [7, 11) is 1.22. The Hall–Kier alpha value is -3.24. The Bertz CT molecular complexity index is 1300. The first-order valence-electron chi connectivity index (χ1n) is 11.9. The summed E-state index contributed by atoms with van der Waals surface area (Å²) in [4.78, 5) is 52.9. The van der Waals surface area contributed by atoms with Crippen LogP contribution >= 0.6 is 23.4 Å². The third-order valence-electron chi connectivity index (χ3n) is 5.80. The number of anilines is 1. The van der Waals surface area contributed by atoms with E-state index in [2.05, 4.69) is 0 Å². The second kappa shape index (κ2) is 13.0. The maximum absolute atomic E-state index is 15.4. The largest absolute Gasteiger partial charge is 0.468 e. The third kappa shape index (κ3) is 6.60. The van der Waals surface area contributed by atoms with Crippen molar-refractivity contribution in [3.05, 3.63) is 69.8 Å². The highest BCUT2D eigenvalue weighted by molar-refractivity contribution is 8.00. The van der Waals surface area contributed by atoms with Crippen LogP contribution in [0.1, 0.15) is 49.9 Å². The van der Waals surface area contributed by atoms with Crippen LogP contribution in [-0.2, 0) is 23.9 Å². The molecule has 0 saturated heterocycles. The quantitative estimate of drug-likeness (QED) is 0.224. The second-order valence-electron chi connectivity index (χ2n) is 8.36. The number of imide groups is 1. The van der Waals surface area contributed by atoms with Gasteiger partial charge in [-0.25, -0.2) is 18.5 Å². The summed E-state index contributed by atoms with van der Waals surface area (Å²) in [6.07, 6.45) is 1.61. The van der Waals surface area contributed by atoms with Crippen molar-refractivity contribution in [2.45, 2.75) is 49.7 Å². The van der Waals surface area contributed by atoms with E-state index < -0.39 is 46.3 Å². The SMILES string of the molecule is CCOC(=O)C1=C(C(=O)N(C(=O)c2cccc(F)c2)c2cc(SC(C)C(=O)OC)c(Cl)cc2F)CCCC1. The maximum Gasteiger partial charge on any atom is 0.334 e. The van der Waals surface area contributed by atoms with E-state index >= 15 is 4.39 Å². The molecule has 0 fully saturated rings. The molecule has 11 heteroatoms. The fraction of sp³-hybridized carbons (Fsp3) is 0.333. The van der Waals surface area contributed by atoms with Gasteiger partial charge in [-0.15, -0.1) is 11.8 Å². The number of hydrogen-bond acceptors (Lipinski definition) is 7. The molecular formula is C27H26ClF2NO6S. The molecule has 7 nitrogen and oxygen atoms in total. The summed E-state index contributed by atoms with van der Waals surface area (Å²) in [5, 5.41) is -0.794. The van der Waals surface area contributed by atoms with E-state index in [1.807, 2.05) is 0 Å². The average molecular weight is 566 g/mol. The minimum absolute atomic E-state index is 0.0194. The van der Waals surface area contributed by atoms with Gasteiger partial charge in [-0.2, -0.15) is 0 Å². The topological polar surface area (TPSA) is 90.0 Å². The first-order valence-corrected chi connectivity index (χ1v) is 13.1. The third-order valence-corrected chi connectivity index (χ3v) is 7.37. The number of carbonyl (C=O) groups is 4. The van der Waals surface area contributed by atoms with Crippen LogP contribution in [0.2, 0.25) is 5.02 Å². The molecule has 0 spiro atoms. The van der Waals surface area contributed by atoms with Gasteiger partial charge in [-0.1, -0.05) is 17.7 Å². The van der Waals surface area contributed by atoms with Crippen molar-refractivity contribution in [1.29, 1.82) is 0 Å². The molecule has 0 N–H and O–H groups in total. The molecule has 0 heterocycles. The van der Waals surface area contributed by atoms with Crippen molar-refractivity contribution >= 4 is 52.8 Å². The van der Waals surface area contributed by atoms with Gasteiger partial charge in [0.2, 0.25) is 0 Å². The summed E-state index contributed by atoms with van der Waals surface area (Å²) < 4.78 is 39.2. The van der Waals surface area contributed by atoms with Crippen LogP contribution in [0, 0.1) is 11.6 Å². The van der Waals surface area contributed by atoms with Crippen LogP contribution in [0.25, 0.3) is 0 Å². The minimum atomic E-state index is -1.01. The number of ether oxygens (including phenoxy) is 2. The molecule has 0 radical (unpaired) electrons. The van der Waals surface area contributed by atoms with Gasteiger partial charge < -0.3 is 9.47 Å². The number of benzene rings is 2. The molecule has 2 aromatic carbocycles. The summed E-state index contributed by atoms with van der Waals surface area (Å²) in [5.41, 5.74) is -0.539. The van der Waals surface area contributed by atoms with Crippen molar-refractivity contribution in [3.63, 3.8) is 0 Å². The molecule has 2 amide bonds. The zero-order valence-electron chi connectivity index (χ0n) is 21.0. The average Bonchev–Trinajstić information content (AvgIpc) is 2.90. The van der Waals surface area contributed by atoms with Crippen LogP contribution in [-0.4, -0.2) is 42.7 Å². The van der Waals surface area contributed by atoms with Crippen molar-refractivity contribution in [3.8, 4) is 0 Å². The molecule has 0 bridgehead atoms. The molecule has 1 aliphatic rings. The van der Waals surface area contributed by atoms with E-state index in [1.54, 1.807) is 13.8 Å². The van der Waals surface area contributed by atoms with E-state index in [9.17, 15) is 23.6 Å². The van der Waals surface area contributed by atoms with Crippen molar-refractivity contribution < 1.29 is 37.4 Å². The number of hydrogen-bond donors (Lipinski definition) is 0. The lowest BCUT2D eigenvalue weighted by atomic mass is 9.90. The van der Waals surface area contributed by atoms with Gasteiger partial charge >= 0.3 is 11.9 Å². The number of nitrogens with zero attached hydrogens (tertiary/aromatic N) is 1. The first-order chi connectivity index (χ1) is 18.1. The number of thioether (sulfide) groups is 1. The minimum Gasteiger partial charge on any atom is -0.468 e. The number of methoxy groups -OCH3 is 1. The highest BCUT2D eigenvalue weighted by Crippen LogP contribution is 2.38. The Morgan fingerprint density at radius 2 is 1.74 bits per heavy atom. The summed E-state index contributed by atoms with van der Waals surface area (Å²) in [6.45, 7) is 3.26. The van der Waals surface area contributed by atoms with Gasteiger partial charge in [-0.3, -0.25) is 14.4 Å². The predicted molar refractivity (Wildman–Crippen MR) is 139 cm³/mol. The molecule has 0 saturated carbocycles. The lowest BCUT2D eigenvalue weighted by Crippen LogP contribution is -2.40. The molecule has 0 aliphatic heterocycles. The van der Waals surface area contributed by atoms with Crippen molar-refractivity contribution in [2.75, 3.05) is 18.6 Å². The van der Waals surface area contributed by atoms with E-state index in [-0.39, 0.29) is 46.1 Å². The fourth-order valence-electron chi connectivity index (χ4n) is 3.97. The highest BCUT2D eigenvalue weighted by atomic mass is 35.5. The first kappa shape index (κ1) is 29.3. The number of esters is 2. The van der Waals surface area contributed by atoms with Crippen LogP contribution in [0.5, 0.6) is 0 Å². The second-order valence-corrected chi connectivity index (χ2v) is 10.1. The highest BCUT2D eigenvalue weighted by Gasteiger charge is 2.34. The Balaban J connectivity index is 2.19. The summed E-state index contributed by atoms with van der Waals surface area (Å²) >= 11 is 7.17. The number of amides is 2. The lowest BCUT2D eigenvalue weighted by molar-refractivity contribution is -0.140. The molecule has 38 heavy (non-hydrogen) atoms. The molecule has 2 aromatic rings. The molecular weight excluding hydrogens is 540 g/mol. The molecule has 202 valence electrons. The zero-order chi connectivity index (χ0) is 28.0. The standard InChI is InChI=1S/C27H26ClF2NO6S/c1-4-37-27(35)19-11-6-5-10-18(19)25(33)31(24(32)16-8-7-9-17(29)12-16)22-14-23(20(28)13-21(22)30)38-15(2)26(34)36-3/h7-9,12-15H,4-6,10-11H2,1-3H3. The molecule has 0 aromatic heterocycles. The van der Waals surface area contributed by atoms with Gasteiger partial charge in [-0.05, 0) is 69.9 Å². The molecule has 1 unspecified atom stereocenters. The van der Waals surface area contributed by atoms with Gasteiger partial charge in [0.15, 0.2) is 0 Å². The maximum atomic E-state index is 15.4. The van der Waals surface area contributed by atoms with Gasteiger partial charge in [0, 0.05) is 21.6 Å². The monoisotopic (exact) mass is 565 g/mol. The zero-order valence-corrected chi connectivity index (χ0v) is 22.6. The number of halogens is 3. The Morgan fingerprint density at radius 1 is 1.05 bits per heavy atom. The van der Waals surface area contributed by atoms with Crippen molar-refractivity contribution in [2.24, 2.45) is 0 Å². The fourth-order valence-corrected chi connectivity index (χ4v) is 5.17. The normalized spacial score (nSPS) is 14.1.